The Morgan fingerprint density at radius 1 is 1.32 bits per heavy atom. The van der Waals surface area contributed by atoms with Crippen molar-refractivity contribution in [2.24, 2.45) is 11.3 Å². The molecule has 0 spiro atoms. The molecule has 1 amide bonds. The number of thioether (sulfide) groups is 1. The van der Waals surface area contributed by atoms with Gasteiger partial charge in [0.25, 0.3) is 0 Å². The molecule has 0 fully saturated rings. The fourth-order valence-electron chi connectivity index (χ4n) is 2.60. The van der Waals surface area contributed by atoms with Crippen LogP contribution < -0.4 is 5.32 Å². The van der Waals surface area contributed by atoms with Gasteiger partial charge in [0.15, 0.2) is 0 Å². The first-order valence-corrected chi connectivity index (χ1v) is 9.45. The number of ether oxygens (including phenoxy) is 1. The summed E-state index contributed by atoms with van der Waals surface area (Å²) in [5.41, 5.74) is -0.749. The van der Waals surface area contributed by atoms with Crippen molar-refractivity contribution in [1.82, 2.24) is 5.32 Å². The third-order valence-corrected chi connectivity index (χ3v) is 4.37. The van der Waals surface area contributed by atoms with E-state index in [9.17, 15) is 9.90 Å². The number of aliphatic hydroxyl groups is 1. The Kier molecular flexibility index (Phi) is 10.2. The largest absolute Gasteiger partial charge is 0.444 e. The maximum Gasteiger partial charge on any atom is 0.407 e. The van der Waals surface area contributed by atoms with Gasteiger partial charge in [0.2, 0.25) is 0 Å². The van der Waals surface area contributed by atoms with Crippen LogP contribution >= 0.6 is 11.8 Å². The van der Waals surface area contributed by atoms with Crippen LogP contribution in [-0.2, 0) is 4.74 Å². The summed E-state index contributed by atoms with van der Waals surface area (Å²) in [5, 5.41) is 12.8. The Morgan fingerprint density at radius 3 is 2.41 bits per heavy atom. The predicted molar refractivity (Wildman–Crippen MR) is 95.4 cm³/mol. The molecular formula is C17H35NO3S. The lowest BCUT2D eigenvalue weighted by molar-refractivity contribution is 0.0425. The van der Waals surface area contributed by atoms with Crippen LogP contribution in [0.2, 0.25) is 0 Å². The quantitative estimate of drug-likeness (QED) is 0.592. The molecule has 0 aliphatic carbocycles. The minimum Gasteiger partial charge on any atom is -0.444 e. The van der Waals surface area contributed by atoms with Crippen molar-refractivity contribution in [2.75, 3.05) is 24.7 Å². The molecule has 0 aromatic heterocycles. The summed E-state index contributed by atoms with van der Waals surface area (Å²) in [6, 6.07) is 0. The summed E-state index contributed by atoms with van der Waals surface area (Å²) in [6.07, 6.45) is 2.47. The van der Waals surface area contributed by atoms with Gasteiger partial charge in [-0.15, -0.1) is 0 Å². The summed E-state index contributed by atoms with van der Waals surface area (Å²) >= 11 is 1.92. The van der Waals surface area contributed by atoms with E-state index < -0.39 is 11.7 Å². The van der Waals surface area contributed by atoms with Gasteiger partial charge < -0.3 is 15.2 Å². The van der Waals surface area contributed by atoms with E-state index >= 15 is 0 Å². The van der Waals surface area contributed by atoms with Gasteiger partial charge in [-0.05, 0) is 57.5 Å². The number of carbonyl (C=O) groups excluding carboxylic acids is 1. The van der Waals surface area contributed by atoms with Crippen LogP contribution in [0, 0.1) is 11.3 Å². The molecule has 0 aromatic rings. The molecule has 0 saturated heterocycles. The standard InChI is InChI=1S/C17H35NO3S/c1-7-22-10-8-9-17(13-19,11-14(2)3)12-18-15(20)21-16(4,5)6/h14,19H,7-13H2,1-6H3,(H,18,20). The van der Waals surface area contributed by atoms with E-state index in [-0.39, 0.29) is 12.0 Å². The van der Waals surface area contributed by atoms with E-state index in [0.29, 0.717) is 12.5 Å². The predicted octanol–water partition coefficient (Wildman–Crippen LogP) is 4.07. The molecule has 1 unspecified atom stereocenters. The molecule has 22 heavy (non-hydrogen) atoms. The van der Waals surface area contributed by atoms with Gasteiger partial charge in [0, 0.05) is 12.0 Å². The Hall–Kier alpha value is -0.420. The first kappa shape index (κ1) is 21.6. The molecule has 0 aromatic carbocycles. The van der Waals surface area contributed by atoms with Crippen molar-refractivity contribution in [2.45, 2.75) is 66.4 Å². The number of hydrogen-bond donors (Lipinski definition) is 2. The second-order valence-electron chi connectivity index (χ2n) is 7.41. The van der Waals surface area contributed by atoms with Gasteiger partial charge in [-0.3, -0.25) is 0 Å². The number of alkyl carbamates (subject to hydrolysis) is 1. The van der Waals surface area contributed by atoms with Crippen LogP contribution in [0.3, 0.4) is 0 Å². The monoisotopic (exact) mass is 333 g/mol. The van der Waals surface area contributed by atoms with E-state index in [2.05, 4.69) is 26.1 Å². The van der Waals surface area contributed by atoms with Crippen LogP contribution in [0.5, 0.6) is 0 Å². The normalized spacial score (nSPS) is 14.7. The molecule has 4 nitrogen and oxygen atoms in total. The number of carbonyl (C=O) groups is 1. The fourth-order valence-corrected chi connectivity index (χ4v) is 3.23. The lowest BCUT2D eigenvalue weighted by atomic mass is 9.77. The molecule has 0 bridgehead atoms. The van der Waals surface area contributed by atoms with E-state index in [0.717, 1.165) is 30.8 Å². The zero-order valence-corrected chi connectivity index (χ0v) is 16.0. The summed E-state index contributed by atoms with van der Waals surface area (Å²) in [6.45, 7) is 12.6. The van der Waals surface area contributed by atoms with Crippen molar-refractivity contribution < 1.29 is 14.6 Å². The SMILES string of the molecule is CCSCCCC(CO)(CNC(=O)OC(C)(C)C)CC(C)C. The molecule has 0 radical (unpaired) electrons. The van der Waals surface area contributed by atoms with Gasteiger partial charge in [-0.1, -0.05) is 20.8 Å². The zero-order valence-electron chi connectivity index (χ0n) is 15.2. The van der Waals surface area contributed by atoms with E-state index in [1.807, 2.05) is 32.5 Å². The number of aliphatic hydroxyl groups excluding tert-OH is 1. The number of nitrogens with one attached hydrogen (secondary N) is 1. The number of hydrogen-bond acceptors (Lipinski definition) is 4. The third kappa shape index (κ3) is 10.3. The van der Waals surface area contributed by atoms with Crippen LogP contribution in [0.1, 0.15) is 60.8 Å². The Morgan fingerprint density at radius 2 is 1.95 bits per heavy atom. The van der Waals surface area contributed by atoms with Gasteiger partial charge in [-0.25, -0.2) is 4.79 Å². The van der Waals surface area contributed by atoms with E-state index in [1.165, 1.54) is 0 Å². The summed E-state index contributed by atoms with van der Waals surface area (Å²) < 4.78 is 5.29. The van der Waals surface area contributed by atoms with Crippen molar-refractivity contribution in [3.05, 3.63) is 0 Å². The van der Waals surface area contributed by atoms with Gasteiger partial charge in [-0.2, -0.15) is 11.8 Å². The minimum absolute atomic E-state index is 0.0950. The second-order valence-corrected chi connectivity index (χ2v) is 8.81. The first-order chi connectivity index (χ1) is 10.1. The Labute approximate surface area is 140 Å². The average Bonchev–Trinajstić information content (AvgIpc) is 2.38. The minimum atomic E-state index is -0.498. The summed E-state index contributed by atoms with van der Waals surface area (Å²) in [4.78, 5) is 11.9. The molecule has 1 atom stereocenters. The number of rotatable bonds is 10. The third-order valence-electron chi connectivity index (χ3n) is 3.38. The van der Waals surface area contributed by atoms with Crippen molar-refractivity contribution in [1.29, 1.82) is 0 Å². The highest BCUT2D eigenvalue weighted by Crippen LogP contribution is 2.31. The van der Waals surface area contributed by atoms with Crippen LogP contribution in [0.15, 0.2) is 0 Å². The van der Waals surface area contributed by atoms with Crippen molar-refractivity contribution >= 4 is 17.9 Å². The zero-order chi connectivity index (χ0) is 17.2. The second kappa shape index (κ2) is 10.4. The molecule has 0 saturated carbocycles. The van der Waals surface area contributed by atoms with Gasteiger partial charge in [0.05, 0.1) is 6.61 Å². The molecule has 5 heteroatoms. The molecule has 0 rings (SSSR count). The average molecular weight is 334 g/mol. The smallest absolute Gasteiger partial charge is 0.407 e. The Bertz CT molecular complexity index is 316. The molecule has 132 valence electrons. The summed E-state index contributed by atoms with van der Waals surface area (Å²) in [7, 11) is 0. The summed E-state index contributed by atoms with van der Waals surface area (Å²) in [5.74, 6) is 2.70. The lowest BCUT2D eigenvalue weighted by Gasteiger charge is -2.34. The van der Waals surface area contributed by atoms with E-state index in [1.54, 1.807) is 0 Å². The maximum absolute atomic E-state index is 11.9. The molecular weight excluding hydrogens is 298 g/mol. The van der Waals surface area contributed by atoms with Crippen molar-refractivity contribution in [3.63, 3.8) is 0 Å². The van der Waals surface area contributed by atoms with Crippen molar-refractivity contribution in [3.8, 4) is 0 Å². The van der Waals surface area contributed by atoms with Gasteiger partial charge in [0.1, 0.15) is 5.60 Å². The number of amides is 1. The molecule has 0 heterocycles. The molecule has 0 aliphatic rings. The molecule has 0 aliphatic heterocycles. The Balaban J connectivity index is 4.59. The van der Waals surface area contributed by atoms with Crippen LogP contribution in [0.4, 0.5) is 4.79 Å². The highest BCUT2D eigenvalue weighted by atomic mass is 32.2. The van der Waals surface area contributed by atoms with Crippen LogP contribution in [-0.4, -0.2) is 41.5 Å². The fraction of sp³-hybridized carbons (Fsp3) is 0.941. The highest BCUT2D eigenvalue weighted by Gasteiger charge is 2.31. The first-order valence-electron chi connectivity index (χ1n) is 8.29. The highest BCUT2D eigenvalue weighted by molar-refractivity contribution is 7.99. The van der Waals surface area contributed by atoms with E-state index in [4.69, 9.17) is 4.74 Å². The maximum atomic E-state index is 11.9. The lowest BCUT2D eigenvalue weighted by Crippen LogP contribution is -2.43. The molecule has 2 N–H and O–H groups in total. The van der Waals surface area contributed by atoms with Gasteiger partial charge >= 0.3 is 6.09 Å². The van der Waals surface area contributed by atoms with Crippen LogP contribution in [0.25, 0.3) is 0 Å². The topological polar surface area (TPSA) is 58.6 Å².